The molecule has 3 amide bonds. The Morgan fingerprint density at radius 3 is 2.41 bits per heavy atom. The zero-order valence-corrected chi connectivity index (χ0v) is 19.7. The second kappa shape index (κ2) is 9.04. The smallest absolute Gasteiger partial charge is 0.308 e. The van der Waals surface area contributed by atoms with E-state index in [1.54, 1.807) is 31.2 Å². The predicted octanol–water partition coefficient (Wildman–Crippen LogP) is 3.02. The van der Waals surface area contributed by atoms with Crippen LogP contribution in [0.15, 0.2) is 24.3 Å². The van der Waals surface area contributed by atoms with Gasteiger partial charge >= 0.3 is 5.97 Å². The first kappa shape index (κ1) is 22.9. The summed E-state index contributed by atoms with van der Waals surface area (Å²) >= 11 is 0. The molecule has 0 saturated heterocycles. The minimum absolute atomic E-state index is 0.0254. The highest BCUT2D eigenvalue weighted by atomic mass is 16.5. The Hall–Kier alpha value is -2.90. The van der Waals surface area contributed by atoms with E-state index in [1.807, 2.05) is 0 Å². The average Bonchev–Trinajstić information content (AvgIpc) is 2.90. The molecular weight excluding hydrogens is 434 g/mol. The highest BCUT2D eigenvalue weighted by Gasteiger charge is 2.54. The summed E-state index contributed by atoms with van der Waals surface area (Å²) < 4.78 is 5.23. The van der Waals surface area contributed by atoms with Gasteiger partial charge in [-0.3, -0.25) is 19.2 Å². The van der Waals surface area contributed by atoms with Crippen LogP contribution in [0.1, 0.15) is 58.3 Å². The number of para-hydroxylation sites is 2. The van der Waals surface area contributed by atoms with E-state index in [-0.39, 0.29) is 48.6 Å². The molecule has 8 nitrogen and oxygen atoms in total. The van der Waals surface area contributed by atoms with Gasteiger partial charge in [0.05, 0.1) is 17.8 Å². The number of nitrogens with zero attached hydrogens (tertiary/aromatic N) is 1. The van der Waals surface area contributed by atoms with Gasteiger partial charge in [-0.05, 0) is 75.3 Å². The van der Waals surface area contributed by atoms with Gasteiger partial charge in [-0.15, -0.1) is 0 Å². The molecule has 1 atom stereocenters. The first-order valence-electron chi connectivity index (χ1n) is 12.5. The lowest BCUT2D eigenvalue weighted by atomic mass is 9.49. The van der Waals surface area contributed by atoms with Crippen LogP contribution in [0.25, 0.3) is 0 Å². The maximum Gasteiger partial charge on any atom is 0.308 e. The maximum atomic E-state index is 13.0. The third-order valence-corrected chi connectivity index (χ3v) is 8.12. The normalized spacial score (nSPS) is 31.3. The average molecular weight is 468 g/mol. The van der Waals surface area contributed by atoms with E-state index in [1.165, 1.54) is 24.2 Å². The van der Waals surface area contributed by atoms with Crippen LogP contribution < -0.4 is 15.5 Å². The summed E-state index contributed by atoms with van der Waals surface area (Å²) in [6.45, 7) is 1.60. The molecular formula is C26H33N3O5. The monoisotopic (exact) mass is 467 g/mol. The van der Waals surface area contributed by atoms with Gasteiger partial charge in [0.1, 0.15) is 0 Å². The number of benzene rings is 1. The number of carbonyl (C=O) groups is 4. The molecule has 2 N–H and O–H groups in total. The second-order valence-electron chi connectivity index (χ2n) is 10.7. The quantitative estimate of drug-likeness (QED) is 0.626. The summed E-state index contributed by atoms with van der Waals surface area (Å²) in [7, 11) is 0. The summed E-state index contributed by atoms with van der Waals surface area (Å²) in [6.07, 6.45) is 6.96. The van der Waals surface area contributed by atoms with Gasteiger partial charge in [0.25, 0.3) is 5.91 Å². The van der Waals surface area contributed by atoms with Crippen LogP contribution in [0.3, 0.4) is 0 Å². The lowest BCUT2D eigenvalue weighted by molar-refractivity contribution is -0.149. The van der Waals surface area contributed by atoms with Crippen LogP contribution in [0.5, 0.6) is 0 Å². The molecule has 4 bridgehead atoms. The Labute approximate surface area is 199 Å². The molecule has 0 spiro atoms. The van der Waals surface area contributed by atoms with Gasteiger partial charge < -0.3 is 20.3 Å². The first-order valence-corrected chi connectivity index (χ1v) is 12.5. The second-order valence-corrected chi connectivity index (χ2v) is 10.7. The largest absolute Gasteiger partial charge is 0.455 e. The van der Waals surface area contributed by atoms with Crippen molar-refractivity contribution >= 4 is 35.1 Å². The molecule has 4 saturated carbocycles. The Morgan fingerprint density at radius 2 is 1.74 bits per heavy atom. The molecule has 8 heteroatoms. The number of ether oxygens (including phenoxy) is 1. The van der Waals surface area contributed by atoms with Crippen molar-refractivity contribution in [1.29, 1.82) is 0 Å². The molecule has 0 aromatic heterocycles. The van der Waals surface area contributed by atoms with Gasteiger partial charge in [0, 0.05) is 24.4 Å². The molecule has 1 unspecified atom stereocenters. The summed E-state index contributed by atoms with van der Waals surface area (Å²) in [6, 6.07) is 6.72. The Kier molecular flexibility index (Phi) is 6.08. The summed E-state index contributed by atoms with van der Waals surface area (Å²) in [5.74, 6) is 1.07. The van der Waals surface area contributed by atoms with Crippen LogP contribution in [0.2, 0.25) is 0 Å². The van der Waals surface area contributed by atoms with Gasteiger partial charge in [-0.1, -0.05) is 12.1 Å². The Bertz CT molecular complexity index is 971. The number of anilines is 2. The van der Waals surface area contributed by atoms with Crippen molar-refractivity contribution < 1.29 is 23.9 Å². The fourth-order valence-corrected chi connectivity index (χ4v) is 7.11. The van der Waals surface area contributed by atoms with E-state index >= 15 is 0 Å². The van der Waals surface area contributed by atoms with E-state index in [0.29, 0.717) is 29.1 Å². The topological polar surface area (TPSA) is 105 Å². The lowest BCUT2D eigenvalue weighted by Gasteiger charge is -2.55. The minimum atomic E-state index is -0.524. The maximum absolute atomic E-state index is 13.0. The van der Waals surface area contributed by atoms with Crippen molar-refractivity contribution in [3.05, 3.63) is 24.3 Å². The van der Waals surface area contributed by atoms with Gasteiger partial charge in [-0.25, -0.2) is 0 Å². The number of rotatable bonds is 6. The number of amides is 3. The number of esters is 1. The van der Waals surface area contributed by atoms with Crippen LogP contribution >= 0.6 is 0 Å². The molecule has 6 rings (SSSR count). The Morgan fingerprint density at radius 1 is 1.09 bits per heavy atom. The lowest BCUT2D eigenvalue weighted by Crippen LogP contribution is -2.53. The van der Waals surface area contributed by atoms with E-state index in [4.69, 9.17) is 4.74 Å². The van der Waals surface area contributed by atoms with Gasteiger partial charge in [0.2, 0.25) is 11.8 Å². The minimum Gasteiger partial charge on any atom is -0.455 e. The van der Waals surface area contributed by atoms with Crippen LogP contribution in [0, 0.1) is 23.2 Å². The number of hydrogen-bond donors (Lipinski definition) is 2. The molecule has 182 valence electrons. The molecule has 4 fully saturated rings. The van der Waals surface area contributed by atoms with E-state index < -0.39 is 12.6 Å². The molecule has 0 radical (unpaired) electrons. The van der Waals surface area contributed by atoms with Crippen molar-refractivity contribution in [3.63, 3.8) is 0 Å². The first-order chi connectivity index (χ1) is 16.3. The summed E-state index contributed by atoms with van der Waals surface area (Å²) in [5, 5.41) is 5.78. The third-order valence-electron chi connectivity index (χ3n) is 8.12. The van der Waals surface area contributed by atoms with Crippen molar-refractivity contribution in [2.45, 2.75) is 64.3 Å². The number of fused-ring (bicyclic) bond motifs is 1. The van der Waals surface area contributed by atoms with E-state index in [0.717, 1.165) is 19.3 Å². The molecule has 4 aliphatic carbocycles. The summed E-state index contributed by atoms with van der Waals surface area (Å²) in [5.41, 5.74) is 0.907. The van der Waals surface area contributed by atoms with Gasteiger partial charge in [-0.2, -0.15) is 0 Å². The van der Waals surface area contributed by atoms with Crippen molar-refractivity contribution in [2.24, 2.45) is 23.2 Å². The van der Waals surface area contributed by atoms with Crippen LogP contribution in [-0.4, -0.2) is 42.9 Å². The molecule has 1 aliphatic heterocycles. The highest BCUT2D eigenvalue weighted by molar-refractivity contribution is 6.05. The van der Waals surface area contributed by atoms with Crippen molar-refractivity contribution in [1.82, 2.24) is 5.32 Å². The third kappa shape index (κ3) is 4.42. The highest BCUT2D eigenvalue weighted by Crippen LogP contribution is 2.60. The molecule has 34 heavy (non-hydrogen) atoms. The standard InChI is InChI=1S/C26H33N3O5/c1-16-8-22(30)28-20-4-2-3-5-21(20)29(16)23(31)15-34-24(32)6-7-27-25(33)26-12-17-9-18(13-26)11-19(10-17)14-26/h2-5,16-19H,6-15H2,1H3,(H,27,33)(H,28,30). The van der Waals surface area contributed by atoms with E-state index in [2.05, 4.69) is 10.6 Å². The fraction of sp³-hybridized carbons (Fsp3) is 0.615. The van der Waals surface area contributed by atoms with Crippen LogP contribution in [-0.2, 0) is 23.9 Å². The van der Waals surface area contributed by atoms with Crippen molar-refractivity contribution in [2.75, 3.05) is 23.4 Å². The van der Waals surface area contributed by atoms with Gasteiger partial charge in [0.15, 0.2) is 6.61 Å². The number of hydrogen-bond acceptors (Lipinski definition) is 5. The molecule has 1 aromatic rings. The van der Waals surface area contributed by atoms with Crippen LogP contribution in [0.4, 0.5) is 11.4 Å². The number of nitrogens with one attached hydrogen (secondary N) is 2. The fourth-order valence-electron chi connectivity index (χ4n) is 7.11. The SMILES string of the molecule is CC1CC(=O)Nc2ccccc2N1C(=O)COC(=O)CCNC(=O)C12CC3CC(CC(C3)C1)C2. The Balaban J connectivity index is 1.11. The molecule has 1 heterocycles. The molecule has 5 aliphatic rings. The molecule has 1 aromatic carbocycles. The predicted molar refractivity (Wildman–Crippen MR) is 126 cm³/mol. The van der Waals surface area contributed by atoms with Crippen molar-refractivity contribution in [3.8, 4) is 0 Å². The summed E-state index contributed by atoms with van der Waals surface area (Å²) in [4.78, 5) is 51.8. The number of carbonyl (C=O) groups excluding carboxylic acids is 4. The zero-order valence-electron chi connectivity index (χ0n) is 19.7. The zero-order chi connectivity index (χ0) is 23.9. The van der Waals surface area contributed by atoms with E-state index in [9.17, 15) is 19.2 Å².